The Balaban J connectivity index is 2.12. The molecule has 0 saturated carbocycles. The number of aryl methyl sites for hydroxylation is 1. The Bertz CT molecular complexity index is 432. The van der Waals surface area contributed by atoms with E-state index >= 15 is 0 Å². The van der Waals surface area contributed by atoms with E-state index in [4.69, 9.17) is 4.74 Å². The monoisotopic (exact) mass is 248 g/mol. The summed E-state index contributed by atoms with van der Waals surface area (Å²) >= 11 is 0. The Kier molecular flexibility index (Phi) is 3.97. The van der Waals surface area contributed by atoms with Crippen molar-refractivity contribution in [1.82, 2.24) is 10.3 Å². The Morgan fingerprint density at radius 2 is 2.33 bits per heavy atom. The zero-order valence-electron chi connectivity index (χ0n) is 11.1. The number of rotatable bonds is 4. The predicted octanol–water partition coefficient (Wildman–Crippen LogP) is 1.86. The molecule has 98 valence electrons. The molecular weight excluding hydrogens is 228 g/mol. The first-order valence-electron chi connectivity index (χ1n) is 6.41. The van der Waals surface area contributed by atoms with Crippen molar-refractivity contribution in [2.75, 3.05) is 7.11 Å². The Morgan fingerprint density at radius 3 is 3.00 bits per heavy atom. The summed E-state index contributed by atoms with van der Waals surface area (Å²) < 4.78 is 4.85. The van der Waals surface area contributed by atoms with Gasteiger partial charge in [0.05, 0.1) is 18.8 Å². The second-order valence-electron chi connectivity index (χ2n) is 5.05. The molecule has 18 heavy (non-hydrogen) atoms. The maximum Gasteiger partial charge on any atom is 0.323 e. The number of methoxy groups -OCH3 is 1. The van der Waals surface area contributed by atoms with E-state index < -0.39 is 0 Å². The van der Waals surface area contributed by atoms with Crippen LogP contribution in [0.3, 0.4) is 0 Å². The van der Waals surface area contributed by atoms with Gasteiger partial charge in [-0.1, -0.05) is 19.9 Å². The van der Waals surface area contributed by atoms with Gasteiger partial charge in [-0.2, -0.15) is 0 Å². The molecule has 2 rings (SSSR count). The van der Waals surface area contributed by atoms with Crippen LogP contribution in [0.4, 0.5) is 0 Å². The third kappa shape index (κ3) is 2.53. The summed E-state index contributed by atoms with van der Waals surface area (Å²) in [5.74, 6) is -0.000377. The van der Waals surface area contributed by atoms with Gasteiger partial charge in [-0.25, -0.2) is 0 Å². The molecule has 4 heteroatoms. The van der Waals surface area contributed by atoms with Crippen molar-refractivity contribution < 1.29 is 9.53 Å². The topological polar surface area (TPSA) is 51.2 Å². The fourth-order valence-corrected chi connectivity index (χ4v) is 2.45. The van der Waals surface area contributed by atoms with Gasteiger partial charge in [-0.15, -0.1) is 0 Å². The third-order valence-corrected chi connectivity index (χ3v) is 3.46. The van der Waals surface area contributed by atoms with Crippen LogP contribution < -0.4 is 5.32 Å². The minimum atomic E-state index is -0.270. The van der Waals surface area contributed by atoms with Crippen LogP contribution >= 0.6 is 0 Å². The lowest BCUT2D eigenvalue weighted by molar-refractivity contribution is -0.144. The lowest BCUT2D eigenvalue weighted by Gasteiger charge is -2.24. The van der Waals surface area contributed by atoms with E-state index in [0.717, 1.165) is 18.5 Å². The summed E-state index contributed by atoms with van der Waals surface area (Å²) in [5, 5.41) is 3.39. The third-order valence-electron chi connectivity index (χ3n) is 3.46. The van der Waals surface area contributed by atoms with Crippen LogP contribution in [0.1, 0.15) is 37.6 Å². The number of hydrogen-bond acceptors (Lipinski definition) is 4. The van der Waals surface area contributed by atoms with E-state index in [1.54, 1.807) is 6.20 Å². The number of carbonyl (C=O) groups is 1. The van der Waals surface area contributed by atoms with Crippen molar-refractivity contribution in [2.45, 2.75) is 38.8 Å². The average Bonchev–Trinajstić information content (AvgIpc) is 2.78. The Hall–Kier alpha value is -1.42. The SMILES string of the molecule is COC(=O)[C@@H](NC1CCc2cccnc21)C(C)C. The molecule has 0 saturated heterocycles. The lowest BCUT2D eigenvalue weighted by Crippen LogP contribution is -2.43. The van der Waals surface area contributed by atoms with E-state index in [9.17, 15) is 4.79 Å². The number of pyridine rings is 1. The van der Waals surface area contributed by atoms with Crippen LogP contribution in [0, 0.1) is 5.92 Å². The lowest BCUT2D eigenvalue weighted by atomic mass is 10.0. The molecule has 0 aliphatic heterocycles. The second kappa shape index (κ2) is 5.48. The molecule has 0 fully saturated rings. The minimum absolute atomic E-state index is 0.160. The molecule has 1 heterocycles. The number of ether oxygens (including phenoxy) is 1. The standard InChI is InChI=1S/C14H20N2O2/c1-9(2)12(14(17)18-3)16-11-7-6-10-5-4-8-15-13(10)11/h4-5,8-9,11-12,16H,6-7H2,1-3H3/t11?,12-/m0/s1. The molecule has 0 amide bonds. The van der Waals surface area contributed by atoms with Crippen LogP contribution in [-0.2, 0) is 16.0 Å². The van der Waals surface area contributed by atoms with E-state index in [0.29, 0.717) is 0 Å². The normalized spacial score (nSPS) is 19.7. The van der Waals surface area contributed by atoms with Crippen molar-refractivity contribution in [3.05, 3.63) is 29.6 Å². The van der Waals surface area contributed by atoms with Gasteiger partial charge in [0, 0.05) is 6.20 Å². The van der Waals surface area contributed by atoms with Gasteiger partial charge in [0.1, 0.15) is 6.04 Å². The summed E-state index contributed by atoms with van der Waals surface area (Å²) in [6.45, 7) is 4.03. The van der Waals surface area contributed by atoms with Crippen LogP contribution in [0.2, 0.25) is 0 Å². The first-order chi connectivity index (χ1) is 8.63. The smallest absolute Gasteiger partial charge is 0.323 e. The van der Waals surface area contributed by atoms with Gasteiger partial charge >= 0.3 is 5.97 Å². The van der Waals surface area contributed by atoms with Crippen LogP contribution in [0.15, 0.2) is 18.3 Å². The summed E-state index contributed by atoms with van der Waals surface area (Å²) in [6, 6.07) is 3.95. The van der Waals surface area contributed by atoms with Gasteiger partial charge in [-0.05, 0) is 30.4 Å². The fourth-order valence-electron chi connectivity index (χ4n) is 2.45. The van der Waals surface area contributed by atoms with E-state index in [-0.39, 0.29) is 24.0 Å². The molecule has 1 aliphatic rings. The molecule has 1 unspecified atom stereocenters. The molecule has 0 spiro atoms. The molecule has 0 bridgehead atoms. The van der Waals surface area contributed by atoms with Crippen molar-refractivity contribution >= 4 is 5.97 Å². The number of nitrogens with one attached hydrogen (secondary N) is 1. The van der Waals surface area contributed by atoms with Gasteiger partial charge in [0.25, 0.3) is 0 Å². The van der Waals surface area contributed by atoms with Crippen molar-refractivity contribution in [3.63, 3.8) is 0 Å². The van der Waals surface area contributed by atoms with Crippen molar-refractivity contribution in [3.8, 4) is 0 Å². The van der Waals surface area contributed by atoms with Crippen LogP contribution in [0.25, 0.3) is 0 Å². The summed E-state index contributed by atoms with van der Waals surface area (Å²) in [4.78, 5) is 16.2. The fraction of sp³-hybridized carbons (Fsp3) is 0.571. The Labute approximate surface area is 108 Å². The van der Waals surface area contributed by atoms with Gasteiger partial charge in [0.15, 0.2) is 0 Å². The van der Waals surface area contributed by atoms with E-state index in [1.165, 1.54) is 12.7 Å². The largest absolute Gasteiger partial charge is 0.468 e. The van der Waals surface area contributed by atoms with Gasteiger partial charge in [0.2, 0.25) is 0 Å². The molecular formula is C14H20N2O2. The number of carbonyl (C=O) groups excluding carboxylic acids is 1. The molecule has 4 nitrogen and oxygen atoms in total. The van der Waals surface area contributed by atoms with Crippen molar-refractivity contribution in [1.29, 1.82) is 0 Å². The molecule has 1 aromatic rings. The number of fused-ring (bicyclic) bond motifs is 1. The van der Waals surface area contributed by atoms with E-state index in [2.05, 4.69) is 16.4 Å². The highest BCUT2D eigenvalue weighted by molar-refractivity contribution is 5.76. The molecule has 0 radical (unpaired) electrons. The number of hydrogen-bond donors (Lipinski definition) is 1. The molecule has 0 aromatic carbocycles. The first-order valence-corrected chi connectivity index (χ1v) is 6.41. The highest BCUT2D eigenvalue weighted by atomic mass is 16.5. The predicted molar refractivity (Wildman–Crippen MR) is 69.1 cm³/mol. The van der Waals surface area contributed by atoms with Crippen LogP contribution in [0.5, 0.6) is 0 Å². The highest BCUT2D eigenvalue weighted by Crippen LogP contribution is 2.29. The molecule has 1 aliphatic carbocycles. The summed E-state index contributed by atoms with van der Waals surface area (Å²) in [6.07, 6.45) is 3.82. The maximum absolute atomic E-state index is 11.7. The molecule has 1 N–H and O–H groups in total. The summed E-state index contributed by atoms with van der Waals surface area (Å²) in [7, 11) is 1.43. The molecule has 1 aromatic heterocycles. The Morgan fingerprint density at radius 1 is 1.56 bits per heavy atom. The summed E-state index contributed by atoms with van der Waals surface area (Å²) in [5.41, 5.74) is 2.36. The highest BCUT2D eigenvalue weighted by Gasteiger charge is 2.30. The van der Waals surface area contributed by atoms with Gasteiger partial charge in [-0.3, -0.25) is 15.1 Å². The van der Waals surface area contributed by atoms with Crippen LogP contribution in [-0.4, -0.2) is 24.1 Å². The first kappa shape index (κ1) is 13.0. The van der Waals surface area contributed by atoms with Crippen molar-refractivity contribution in [2.24, 2.45) is 5.92 Å². The zero-order valence-corrected chi connectivity index (χ0v) is 11.1. The average molecular weight is 248 g/mol. The number of aromatic nitrogens is 1. The number of nitrogens with zero attached hydrogens (tertiary/aromatic N) is 1. The van der Waals surface area contributed by atoms with E-state index in [1.807, 2.05) is 19.9 Å². The number of esters is 1. The maximum atomic E-state index is 11.7. The zero-order chi connectivity index (χ0) is 13.1. The molecule has 2 atom stereocenters. The van der Waals surface area contributed by atoms with Gasteiger partial charge < -0.3 is 4.74 Å². The quantitative estimate of drug-likeness (QED) is 0.826. The minimum Gasteiger partial charge on any atom is -0.468 e. The second-order valence-corrected chi connectivity index (χ2v) is 5.05.